The van der Waals surface area contributed by atoms with Crippen LogP contribution in [0.2, 0.25) is 0 Å². The first-order valence-corrected chi connectivity index (χ1v) is 16.5. The molecule has 2 saturated heterocycles. The molecule has 2 aromatic carbocycles. The molecule has 0 aliphatic carbocycles. The predicted molar refractivity (Wildman–Crippen MR) is 178 cm³/mol. The van der Waals surface area contributed by atoms with Crippen LogP contribution in [0.4, 0.5) is 5.69 Å². The molecule has 4 heterocycles. The lowest BCUT2D eigenvalue weighted by Gasteiger charge is -2.46. The molecule has 6 rings (SSSR count). The minimum Gasteiger partial charge on any atom is -0.394 e. The smallest absolute Gasteiger partial charge is 0.249 e. The summed E-state index contributed by atoms with van der Waals surface area (Å²) in [5, 5.41) is 10.9. The summed E-state index contributed by atoms with van der Waals surface area (Å²) in [6.45, 7) is 12.9. The van der Waals surface area contributed by atoms with Gasteiger partial charge in [-0.1, -0.05) is 101 Å². The molecule has 2 aromatic rings. The molecule has 0 aromatic heterocycles. The summed E-state index contributed by atoms with van der Waals surface area (Å²) in [4.78, 5) is 50.2. The Hall–Kier alpha value is -3.75. The zero-order chi connectivity index (χ0) is 33.1. The summed E-state index contributed by atoms with van der Waals surface area (Å²) in [5.74, 6) is -2.63. The number of hydrogen-bond donors (Lipinski definition) is 1. The summed E-state index contributed by atoms with van der Waals surface area (Å²) in [7, 11) is 0. The SMILES string of the molecule is CC[C@@]12C=CCN(c3ccccc3)C(=O)[C@@H]1[C@H]1C(=O)N([C@H](CO)c3ccccc3)C3C(=O)N(C(C)(C)CC(C)(C)C)CC=C[C@@]31O2. The molecule has 8 nitrogen and oxygen atoms in total. The maximum Gasteiger partial charge on any atom is 0.249 e. The lowest BCUT2D eigenvalue weighted by Crippen LogP contribution is -2.60. The van der Waals surface area contributed by atoms with E-state index in [1.54, 1.807) is 9.80 Å². The molecular formula is C38H47N3O5. The zero-order valence-corrected chi connectivity index (χ0v) is 27.8. The normalized spacial score (nSPS) is 30.2. The van der Waals surface area contributed by atoms with Gasteiger partial charge in [0.1, 0.15) is 11.6 Å². The average Bonchev–Trinajstić information content (AvgIpc) is 3.29. The van der Waals surface area contributed by atoms with E-state index in [1.165, 1.54) is 0 Å². The van der Waals surface area contributed by atoms with Crippen LogP contribution in [-0.2, 0) is 19.1 Å². The van der Waals surface area contributed by atoms with Gasteiger partial charge >= 0.3 is 0 Å². The molecule has 1 spiro atoms. The predicted octanol–water partition coefficient (Wildman–Crippen LogP) is 5.30. The van der Waals surface area contributed by atoms with E-state index in [9.17, 15) is 9.90 Å². The minimum atomic E-state index is -1.41. The Morgan fingerprint density at radius 3 is 2.09 bits per heavy atom. The third-order valence-corrected chi connectivity index (χ3v) is 10.3. The third kappa shape index (κ3) is 5.01. The number of nitrogens with zero attached hydrogens (tertiary/aromatic N) is 3. The number of rotatable bonds is 7. The fraction of sp³-hybridized carbons (Fsp3) is 0.500. The summed E-state index contributed by atoms with van der Waals surface area (Å²) < 4.78 is 7.18. The van der Waals surface area contributed by atoms with Gasteiger partial charge in [0.2, 0.25) is 17.7 Å². The highest BCUT2D eigenvalue weighted by Gasteiger charge is 2.76. The lowest BCUT2D eigenvalue weighted by atomic mass is 9.72. The van der Waals surface area contributed by atoms with Crippen molar-refractivity contribution >= 4 is 23.4 Å². The van der Waals surface area contributed by atoms with Crippen molar-refractivity contribution in [2.75, 3.05) is 24.6 Å². The standard InChI is InChI=1S/C38H47N3O5/c1-7-37-20-14-22-39(27-18-12-9-13-19-27)32(43)29(37)30-33(44)41(28(24-42)26-16-10-8-11-17-26)31-34(45)40(23-15-21-38(30,31)46-37)36(5,6)25-35(2,3)4/h8-21,28-31,42H,7,22-25H2,1-6H3/t28-,29+,30+,31?,37-,38+/m1/s1. The van der Waals surface area contributed by atoms with E-state index in [4.69, 9.17) is 4.74 Å². The van der Waals surface area contributed by atoms with Crippen LogP contribution in [0.15, 0.2) is 85.0 Å². The number of hydrogen-bond acceptors (Lipinski definition) is 5. The Bertz CT molecular complexity index is 1550. The minimum absolute atomic E-state index is 0.0652. The molecule has 0 bridgehead atoms. The Morgan fingerprint density at radius 2 is 1.48 bits per heavy atom. The van der Waals surface area contributed by atoms with Crippen LogP contribution in [-0.4, -0.2) is 75.1 Å². The number of benzene rings is 2. The van der Waals surface area contributed by atoms with Crippen molar-refractivity contribution in [3.8, 4) is 0 Å². The van der Waals surface area contributed by atoms with Gasteiger partial charge in [-0.05, 0) is 49.8 Å². The lowest BCUT2D eigenvalue weighted by molar-refractivity contribution is -0.159. The van der Waals surface area contributed by atoms with Crippen LogP contribution < -0.4 is 4.90 Å². The highest BCUT2D eigenvalue weighted by atomic mass is 16.5. The monoisotopic (exact) mass is 625 g/mol. The van der Waals surface area contributed by atoms with Crippen molar-refractivity contribution < 1.29 is 24.2 Å². The molecule has 3 amide bonds. The van der Waals surface area contributed by atoms with Crippen LogP contribution in [0, 0.1) is 17.3 Å². The third-order valence-electron chi connectivity index (χ3n) is 10.3. The van der Waals surface area contributed by atoms with Crippen LogP contribution in [0.1, 0.15) is 66.0 Å². The van der Waals surface area contributed by atoms with Crippen LogP contribution in [0.3, 0.4) is 0 Å². The number of amides is 3. The van der Waals surface area contributed by atoms with Crippen molar-refractivity contribution in [2.24, 2.45) is 17.3 Å². The Morgan fingerprint density at radius 1 is 0.848 bits per heavy atom. The molecule has 6 atom stereocenters. The second kappa shape index (κ2) is 11.5. The molecule has 1 N–H and O–H groups in total. The topological polar surface area (TPSA) is 90.4 Å². The van der Waals surface area contributed by atoms with Gasteiger partial charge in [0, 0.05) is 24.3 Å². The molecule has 0 saturated carbocycles. The quantitative estimate of drug-likeness (QED) is 0.422. The van der Waals surface area contributed by atoms with Gasteiger partial charge < -0.3 is 24.5 Å². The molecule has 46 heavy (non-hydrogen) atoms. The maximum absolute atomic E-state index is 15.2. The highest BCUT2D eigenvalue weighted by molar-refractivity contribution is 6.04. The first kappa shape index (κ1) is 32.2. The number of anilines is 1. The molecule has 8 heteroatoms. The van der Waals surface area contributed by atoms with Gasteiger partial charge in [0.15, 0.2) is 0 Å². The van der Waals surface area contributed by atoms with Crippen LogP contribution in [0.25, 0.3) is 0 Å². The summed E-state index contributed by atoms with van der Waals surface area (Å²) in [6.07, 6.45) is 8.92. The van der Waals surface area contributed by atoms with Gasteiger partial charge in [0.25, 0.3) is 0 Å². The maximum atomic E-state index is 15.2. The van der Waals surface area contributed by atoms with Crippen molar-refractivity contribution in [2.45, 2.75) is 83.2 Å². The molecule has 1 unspecified atom stereocenters. The van der Waals surface area contributed by atoms with Crippen LogP contribution in [0.5, 0.6) is 0 Å². The molecule has 0 radical (unpaired) electrons. The number of para-hydroxylation sites is 1. The van der Waals surface area contributed by atoms with Crippen molar-refractivity contribution in [3.05, 3.63) is 90.5 Å². The fourth-order valence-electron chi connectivity index (χ4n) is 8.84. The van der Waals surface area contributed by atoms with E-state index >= 15 is 9.59 Å². The van der Waals surface area contributed by atoms with Gasteiger partial charge in [-0.15, -0.1) is 0 Å². The largest absolute Gasteiger partial charge is 0.394 e. The number of likely N-dealkylation sites (tertiary alicyclic amines) is 1. The van der Waals surface area contributed by atoms with E-state index < -0.39 is 40.7 Å². The molecule has 4 aliphatic heterocycles. The zero-order valence-electron chi connectivity index (χ0n) is 27.8. The summed E-state index contributed by atoms with van der Waals surface area (Å²) in [6, 6.07) is 16.9. The fourth-order valence-corrected chi connectivity index (χ4v) is 8.84. The van der Waals surface area contributed by atoms with E-state index in [0.717, 1.165) is 17.7 Å². The number of carbonyl (C=O) groups excluding carboxylic acids is 3. The number of fused-ring (bicyclic) bond motifs is 2. The second-order valence-electron chi connectivity index (χ2n) is 15.1. The summed E-state index contributed by atoms with van der Waals surface area (Å²) in [5.41, 5.74) is -1.66. The second-order valence-corrected chi connectivity index (χ2v) is 15.1. The van der Waals surface area contributed by atoms with Gasteiger partial charge in [-0.25, -0.2) is 0 Å². The van der Waals surface area contributed by atoms with Crippen molar-refractivity contribution in [3.63, 3.8) is 0 Å². The Kier molecular flexibility index (Phi) is 8.05. The molecule has 244 valence electrons. The van der Waals surface area contributed by atoms with E-state index in [0.29, 0.717) is 19.5 Å². The average molecular weight is 626 g/mol. The van der Waals surface area contributed by atoms with Crippen molar-refractivity contribution in [1.82, 2.24) is 9.80 Å². The highest BCUT2D eigenvalue weighted by Crippen LogP contribution is 2.60. The molecular weight excluding hydrogens is 578 g/mol. The molecule has 4 aliphatic rings. The number of carbonyl (C=O) groups is 3. The van der Waals surface area contributed by atoms with Gasteiger partial charge in [0.05, 0.1) is 30.1 Å². The van der Waals surface area contributed by atoms with Gasteiger partial charge in [-0.2, -0.15) is 0 Å². The Balaban J connectivity index is 1.54. The summed E-state index contributed by atoms with van der Waals surface area (Å²) >= 11 is 0. The van der Waals surface area contributed by atoms with Gasteiger partial charge in [-0.3, -0.25) is 14.4 Å². The van der Waals surface area contributed by atoms with Crippen molar-refractivity contribution in [1.29, 1.82) is 0 Å². The van der Waals surface area contributed by atoms with E-state index in [1.807, 2.05) is 96.8 Å². The molecule has 2 fully saturated rings. The Labute approximate surface area is 272 Å². The number of ether oxygens (including phenoxy) is 1. The van der Waals surface area contributed by atoms with E-state index in [-0.39, 0.29) is 29.7 Å². The number of aliphatic hydroxyl groups is 1. The van der Waals surface area contributed by atoms with Crippen LogP contribution >= 0.6 is 0 Å². The van der Waals surface area contributed by atoms with E-state index in [2.05, 4.69) is 34.6 Å². The first-order valence-electron chi connectivity index (χ1n) is 16.5. The number of aliphatic hydroxyl groups excluding tert-OH is 1. The first-order chi connectivity index (χ1) is 21.8.